The second-order valence-corrected chi connectivity index (χ2v) is 6.98. The molecule has 0 amide bonds. The standard InChI is InChI=1S/C13H17F3N2O2S/c1-9-4-5-10(13(14,15)16)7-12(9)21(19,20)18-6-2-3-11(18)8-17/h4-5,7,11H,2-3,6,8,17H2,1H3/t11-/m0/s1. The lowest BCUT2D eigenvalue weighted by Gasteiger charge is -2.24. The molecule has 0 unspecified atom stereocenters. The number of nitrogens with two attached hydrogens (primary N) is 1. The number of halogens is 3. The van der Waals surface area contributed by atoms with Gasteiger partial charge in [-0.1, -0.05) is 6.07 Å². The molecule has 1 atom stereocenters. The van der Waals surface area contributed by atoms with Crippen LogP contribution in [0.5, 0.6) is 0 Å². The molecule has 0 aliphatic carbocycles. The van der Waals surface area contributed by atoms with Crippen molar-refractivity contribution in [3.63, 3.8) is 0 Å². The molecule has 2 rings (SSSR count). The van der Waals surface area contributed by atoms with E-state index in [9.17, 15) is 21.6 Å². The summed E-state index contributed by atoms with van der Waals surface area (Å²) < 4.78 is 64.8. The van der Waals surface area contributed by atoms with E-state index in [1.165, 1.54) is 17.3 Å². The van der Waals surface area contributed by atoms with E-state index in [-0.39, 0.29) is 17.5 Å². The number of aryl methyl sites for hydroxylation is 1. The molecule has 4 nitrogen and oxygen atoms in total. The second kappa shape index (κ2) is 5.58. The van der Waals surface area contributed by atoms with Crippen LogP contribution >= 0.6 is 0 Å². The average molecular weight is 322 g/mol. The van der Waals surface area contributed by atoms with Crippen LogP contribution in [0.2, 0.25) is 0 Å². The number of sulfonamides is 1. The first kappa shape index (κ1) is 16.3. The van der Waals surface area contributed by atoms with E-state index in [2.05, 4.69) is 0 Å². The van der Waals surface area contributed by atoms with E-state index >= 15 is 0 Å². The number of alkyl halides is 3. The zero-order valence-corrected chi connectivity index (χ0v) is 12.3. The number of hydrogen-bond donors (Lipinski definition) is 1. The van der Waals surface area contributed by atoms with Crippen molar-refractivity contribution in [3.05, 3.63) is 29.3 Å². The van der Waals surface area contributed by atoms with Gasteiger partial charge in [-0.3, -0.25) is 0 Å². The van der Waals surface area contributed by atoms with Crippen molar-refractivity contribution in [1.29, 1.82) is 0 Å². The maximum Gasteiger partial charge on any atom is 0.416 e. The van der Waals surface area contributed by atoms with Gasteiger partial charge >= 0.3 is 6.18 Å². The lowest BCUT2D eigenvalue weighted by molar-refractivity contribution is -0.137. The molecule has 1 aliphatic heterocycles. The predicted molar refractivity (Wildman–Crippen MR) is 72.1 cm³/mol. The van der Waals surface area contributed by atoms with Gasteiger partial charge in [-0.25, -0.2) is 8.42 Å². The monoisotopic (exact) mass is 322 g/mol. The Labute approximate surface area is 121 Å². The van der Waals surface area contributed by atoms with E-state index in [1.54, 1.807) is 0 Å². The molecule has 1 aliphatic rings. The summed E-state index contributed by atoms with van der Waals surface area (Å²) in [7, 11) is -3.96. The highest BCUT2D eigenvalue weighted by molar-refractivity contribution is 7.89. The SMILES string of the molecule is Cc1ccc(C(F)(F)F)cc1S(=O)(=O)N1CCC[C@H]1CN. The largest absolute Gasteiger partial charge is 0.416 e. The van der Waals surface area contributed by atoms with E-state index in [0.717, 1.165) is 6.07 Å². The molecular formula is C13H17F3N2O2S. The van der Waals surface area contributed by atoms with Gasteiger partial charge in [0, 0.05) is 19.1 Å². The van der Waals surface area contributed by atoms with Crippen molar-refractivity contribution in [2.75, 3.05) is 13.1 Å². The quantitative estimate of drug-likeness (QED) is 0.927. The summed E-state index contributed by atoms with van der Waals surface area (Å²) in [5, 5.41) is 0. The molecule has 8 heteroatoms. The van der Waals surface area contributed by atoms with Crippen molar-refractivity contribution < 1.29 is 21.6 Å². The Morgan fingerprint density at radius 1 is 1.38 bits per heavy atom. The number of hydrogen-bond acceptors (Lipinski definition) is 3. The first-order valence-corrected chi connectivity index (χ1v) is 8.01. The summed E-state index contributed by atoms with van der Waals surface area (Å²) in [5.41, 5.74) is 4.88. The smallest absolute Gasteiger partial charge is 0.329 e. The van der Waals surface area contributed by atoms with Crippen LogP contribution in [-0.4, -0.2) is 31.9 Å². The van der Waals surface area contributed by atoms with Crippen LogP contribution in [0, 0.1) is 6.92 Å². The van der Waals surface area contributed by atoms with Crippen molar-refractivity contribution in [2.45, 2.75) is 36.9 Å². The molecule has 0 radical (unpaired) electrons. The van der Waals surface area contributed by atoms with Crippen molar-refractivity contribution in [3.8, 4) is 0 Å². The van der Waals surface area contributed by atoms with E-state index in [1.807, 2.05) is 0 Å². The highest BCUT2D eigenvalue weighted by Gasteiger charge is 2.37. The summed E-state index contributed by atoms with van der Waals surface area (Å²) in [6, 6.07) is 2.43. The van der Waals surface area contributed by atoms with Gasteiger partial charge in [0.05, 0.1) is 10.5 Å². The first-order chi connectivity index (χ1) is 9.67. The van der Waals surface area contributed by atoms with Gasteiger partial charge in [-0.05, 0) is 37.5 Å². The van der Waals surface area contributed by atoms with Crippen molar-refractivity contribution in [1.82, 2.24) is 4.31 Å². The highest BCUT2D eigenvalue weighted by atomic mass is 32.2. The van der Waals surface area contributed by atoms with Gasteiger partial charge in [0.15, 0.2) is 0 Å². The van der Waals surface area contributed by atoms with Crippen LogP contribution in [0.15, 0.2) is 23.1 Å². The third kappa shape index (κ3) is 3.07. The van der Waals surface area contributed by atoms with Crippen molar-refractivity contribution >= 4 is 10.0 Å². The van der Waals surface area contributed by atoms with Gasteiger partial charge in [-0.2, -0.15) is 17.5 Å². The second-order valence-electron chi connectivity index (χ2n) is 5.13. The Kier molecular flexibility index (Phi) is 4.32. The molecule has 1 heterocycles. The molecule has 0 spiro atoms. The van der Waals surface area contributed by atoms with Gasteiger partial charge in [-0.15, -0.1) is 0 Å². The highest BCUT2D eigenvalue weighted by Crippen LogP contribution is 2.34. The van der Waals surface area contributed by atoms with E-state index < -0.39 is 21.8 Å². The number of rotatable bonds is 3. The minimum absolute atomic E-state index is 0.164. The Bertz CT molecular complexity index is 629. The zero-order valence-electron chi connectivity index (χ0n) is 11.5. The third-order valence-corrected chi connectivity index (χ3v) is 5.79. The molecule has 0 bridgehead atoms. The minimum Gasteiger partial charge on any atom is -0.329 e. The fourth-order valence-electron chi connectivity index (χ4n) is 2.54. The Morgan fingerprint density at radius 3 is 2.62 bits per heavy atom. The molecule has 1 aromatic carbocycles. The van der Waals surface area contributed by atoms with E-state index in [4.69, 9.17) is 5.73 Å². The summed E-state index contributed by atoms with van der Waals surface area (Å²) in [6.07, 6.45) is -3.27. The van der Waals surface area contributed by atoms with Crippen molar-refractivity contribution in [2.24, 2.45) is 5.73 Å². The van der Waals surface area contributed by atoms with Gasteiger partial charge in [0.1, 0.15) is 0 Å². The van der Waals surface area contributed by atoms with Crippen LogP contribution in [0.25, 0.3) is 0 Å². The van der Waals surface area contributed by atoms with Gasteiger partial charge in [0.25, 0.3) is 0 Å². The number of benzene rings is 1. The molecule has 1 aromatic rings. The molecule has 0 saturated carbocycles. The van der Waals surface area contributed by atoms with Crippen LogP contribution in [0.3, 0.4) is 0 Å². The summed E-state index contributed by atoms with van der Waals surface area (Å²) in [6.45, 7) is 1.94. The molecule has 0 aromatic heterocycles. The molecule has 2 N–H and O–H groups in total. The lowest BCUT2D eigenvalue weighted by atomic mass is 10.1. The summed E-state index contributed by atoms with van der Waals surface area (Å²) in [4.78, 5) is -0.294. The maximum absolute atomic E-state index is 12.8. The van der Waals surface area contributed by atoms with E-state index in [0.29, 0.717) is 31.0 Å². The Balaban J connectivity index is 2.49. The minimum atomic E-state index is -4.57. The Morgan fingerprint density at radius 2 is 2.05 bits per heavy atom. The topological polar surface area (TPSA) is 63.4 Å². The molecule has 1 saturated heterocycles. The van der Waals surface area contributed by atoms with Crippen LogP contribution in [0.1, 0.15) is 24.0 Å². The molecule has 118 valence electrons. The fraction of sp³-hybridized carbons (Fsp3) is 0.538. The molecule has 1 fully saturated rings. The zero-order chi connectivity index (χ0) is 15.8. The fourth-order valence-corrected chi connectivity index (χ4v) is 4.50. The van der Waals surface area contributed by atoms with Gasteiger partial charge < -0.3 is 5.73 Å². The normalized spacial score (nSPS) is 20.9. The number of nitrogens with zero attached hydrogens (tertiary/aromatic N) is 1. The van der Waals surface area contributed by atoms with Crippen LogP contribution in [0.4, 0.5) is 13.2 Å². The van der Waals surface area contributed by atoms with Crippen LogP contribution < -0.4 is 5.73 Å². The average Bonchev–Trinajstić information content (AvgIpc) is 2.86. The molecule has 21 heavy (non-hydrogen) atoms. The lowest BCUT2D eigenvalue weighted by Crippen LogP contribution is -2.40. The third-order valence-electron chi connectivity index (χ3n) is 3.70. The summed E-state index contributed by atoms with van der Waals surface area (Å²) in [5.74, 6) is 0. The maximum atomic E-state index is 12.8. The predicted octanol–water partition coefficient (Wildman–Crippen LogP) is 2.13. The first-order valence-electron chi connectivity index (χ1n) is 6.57. The van der Waals surface area contributed by atoms with Crippen LogP contribution in [-0.2, 0) is 16.2 Å². The van der Waals surface area contributed by atoms with Gasteiger partial charge in [0.2, 0.25) is 10.0 Å². The molecular weight excluding hydrogens is 305 g/mol. The summed E-state index contributed by atoms with van der Waals surface area (Å²) >= 11 is 0. The Hall–Kier alpha value is -1.12.